The minimum absolute atomic E-state index is 0.297. The Labute approximate surface area is 220 Å². The first-order chi connectivity index (χ1) is 17.7. The van der Waals surface area contributed by atoms with E-state index in [-0.39, 0.29) is 0 Å². The SMILES string of the molecule is O=C(NC1CCCC(N2CCC(CN3CCN(c4ccccc4)CC3)CC2)CCC1)C1CCCCC1. The Hall–Kier alpha value is -1.59. The zero-order chi connectivity index (χ0) is 24.6. The van der Waals surface area contributed by atoms with Crippen molar-refractivity contribution in [2.24, 2.45) is 11.8 Å². The summed E-state index contributed by atoms with van der Waals surface area (Å²) < 4.78 is 0. The van der Waals surface area contributed by atoms with Gasteiger partial charge < -0.3 is 15.1 Å². The quantitative estimate of drug-likeness (QED) is 0.582. The molecule has 4 fully saturated rings. The molecule has 200 valence electrons. The topological polar surface area (TPSA) is 38.8 Å². The molecule has 5 heteroatoms. The van der Waals surface area contributed by atoms with Gasteiger partial charge in [-0.2, -0.15) is 0 Å². The fourth-order valence-electron chi connectivity index (χ4n) is 7.37. The second kappa shape index (κ2) is 13.3. The van der Waals surface area contributed by atoms with E-state index in [2.05, 4.69) is 50.3 Å². The summed E-state index contributed by atoms with van der Waals surface area (Å²) >= 11 is 0. The van der Waals surface area contributed by atoms with Gasteiger partial charge in [-0.1, -0.05) is 37.5 Å². The highest BCUT2D eigenvalue weighted by Gasteiger charge is 2.29. The second-order valence-corrected chi connectivity index (χ2v) is 12.2. The van der Waals surface area contributed by atoms with Gasteiger partial charge in [0, 0.05) is 56.4 Å². The smallest absolute Gasteiger partial charge is 0.223 e. The highest BCUT2D eigenvalue weighted by molar-refractivity contribution is 5.79. The van der Waals surface area contributed by atoms with Crippen molar-refractivity contribution in [2.75, 3.05) is 50.7 Å². The van der Waals surface area contributed by atoms with Crippen molar-refractivity contribution in [2.45, 2.75) is 95.6 Å². The van der Waals surface area contributed by atoms with Crippen LogP contribution in [0.5, 0.6) is 0 Å². The van der Waals surface area contributed by atoms with Crippen LogP contribution in [0.4, 0.5) is 5.69 Å². The number of hydrogen-bond acceptors (Lipinski definition) is 4. The molecule has 1 aromatic rings. The maximum Gasteiger partial charge on any atom is 0.223 e. The molecule has 0 bridgehead atoms. The first-order valence-electron chi connectivity index (χ1n) is 15.3. The minimum atomic E-state index is 0.297. The number of piperidine rings is 1. The van der Waals surface area contributed by atoms with Gasteiger partial charge in [-0.05, 0) is 95.3 Å². The van der Waals surface area contributed by atoms with Crippen LogP contribution >= 0.6 is 0 Å². The second-order valence-electron chi connectivity index (χ2n) is 12.2. The third-order valence-corrected chi connectivity index (χ3v) is 9.68. The highest BCUT2D eigenvalue weighted by atomic mass is 16.1. The molecule has 2 aliphatic heterocycles. The molecule has 4 aliphatic rings. The molecular weight excluding hydrogens is 444 g/mol. The summed E-state index contributed by atoms with van der Waals surface area (Å²) in [5.74, 6) is 1.53. The predicted molar refractivity (Wildman–Crippen MR) is 149 cm³/mol. The number of para-hydroxylation sites is 1. The van der Waals surface area contributed by atoms with Gasteiger partial charge in [-0.3, -0.25) is 9.69 Å². The van der Waals surface area contributed by atoms with Crippen LogP contribution in [0.3, 0.4) is 0 Å². The largest absolute Gasteiger partial charge is 0.369 e. The summed E-state index contributed by atoms with van der Waals surface area (Å²) in [6.45, 7) is 8.61. The van der Waals surface area contributed by atoms with Crippen molar-refractivity contribution >= 4 is 11.6 Å². The first-order valence-corrected chi connectivity index (χ1v) is 15.3. The number of rotatable bonds is 6. The van der Waals surface area contributed by atoms with E-state index in [0.29, 0.717) is 17.9 Å². The van der Waals surface area contributed by atoms with Gasteiger partial charge in [0.25, 0.3) is 0 Å². The fourth-order valence-corrected chi connectivity index (χ4v) is 7.37. The molecule has 0 unspecified atom stereocenters. The molecule has 0 aromatic heterocycles. The minimum Gasteiger partial charge on any atom is -0.369 e. The number of piperazine rings is 1. The summed E-state index contributed by atoms with van der Waals surface area (Å²) in [6, 6.07) is 12.1. The molecule has 1 aromatic carbocycles. The van der Waals surface area contributed by atoms with Crippen LogP contribution in [0.25, 0.3) is 0 Å². The van der Waals surface area contributed by atoms with Crippen LogP contribution in [0.2, 0.25) is 0 Å². The van der Waals surface area contributed by atoms with Crippen molar-refractivity contribution in [1.29, 1.82) is 0 Å². The molecule has 2 heterocycles. The van der Waals surface area contributed by atoms with Gasteiger partial charge >= 0.3 is 0 Å². The highest BCUT2D eigenvalue weighted by Crippen LogP contribution is 2.28. The Balaban J connectivity index is 0.981. The number of hydrogen-bond donors (Lipinski definition) is 1. The van der Waals surface area contributed by atoms with Crippen LogP contribution in [0, 0.1) is 11.8 Å². The Bertz CT molecular complexity index is 769. The Morgan fingerprint density at radius 1 is 0.722 bits per heavy atom. The van der Waals surface area contributed by atoms with Crippen LogP contribution in [0.1, 0.15) is 83.5 Å². The molecule has 2 aliphatic carbocycles. The number of benzene rings is 1. The fraction of sp³-hybridized carbons (Fsp3) is 0.774. The van der Waals surface area contributed by atoms with Gasteiger partial charge in [0.2, 0.25) is 5.91 Å². The number of nitrogens with one attached hydrogen (secondary N) is 1. The summed E-state index contributed by atoms with van der Waals surface area (Å²) in [6.07, 6.45) is 16.3. The average Bonchev–Trinajstić information content (AvgIpc) is 2.92. The van der Waals surface area contributed by atoms with Gasteiger partial charge in [-0.15, -0.1) is 0 Å². The molecule has 2 saturated heterocycles. The molecule has 5 nitrogen and oxygen atoms in total. The lowest BCUT2D eigenvalue weighted by Crippen LogP contribution is -2.49. The molecule has 1 amide bonds. The van der Waals surface area contributed by atoms with E-state index < -0.39 is 0 Å². The van der Waals surface area contributed by atoms with Gasteiger partial charge in [0.15, 0.2) is 0 Å². The Kier molecular flexibility index (Phi) is 9.60. The van der Waals surface area contributed by atoms with Crippen LogP contribution in [-0.2, 0) is 4.79 Å². The van der Waals surface area contributed by atoms with Crippen LogP contribution < -0.4 is 10.2 Å². The van der Waals surface area contributed by atoms with Gasteiger partial charge in [0.1, 0.15) is 0 Å². The van der Waals surface area contributed by atoms with E-state index >= 15 is 0 Å². The number of amides is 1. The van der Waals surface area contributed by atoms with Crippen molar-refractivity contribution < 1.29 is 4.79 Å². The number of nitrogens with zero attached hydrogens (tertiary/aromatic N) is 3. The third kappa shape index (κ3) is 7.25. The van der Waals surface area contributed by atoms with Crippen molar-refractivity contribution in [3.8, 4) is 0 Å². The maximum absolute atomic E-state index is 12.7. The summed E-state index contributed by atoms with van der Waals surface area (Å²) in [7, 11) is 0. The lowest BCUT2D eigenvalue weighted by Gasteiger charge is -2.42. The number of likely N-dealkylation sites (tertiary alicyclic amines) is 1. The zero-order valence-corrected chi connectivity index (χ0v) is 22.6. The molecule has 0 spiro atoms. The zero-order valence-electron chi connectivity index (χ0n) is 22.6. The van der Waals surface area contributed by atoms with E-state index in [9.17, 15) is 4.79 Å². The number of anilines is 1. The van der Waals surface area contributed by atoms with Gasteiger partial charge in [-0.25, -0.2) is 0 Å². The van der Waals surface area contributed by atoms with Gasteiger partial charge in [0.05, 0.1) is 0 Å². The lowest BCUT2D eigenvalue weighted by molar-refractivity contribution is -0.126. The van der Waals surface area contributed by atoms with Crippen LogP contribution in [-0.4, -0.2) is 73.6 Å². The molecule has 0 radical (unpaired) electrons. The summed E-state index contributed by atoms with van der Waals surface area (Å²) in [5.41, 5.74) is 1.38. The lowest BCUT2D eigenvalue weighted by atomic mass is 9.87. The third-order valence-electron chi connectivity index (χ3n) is 9.68. The molecule has 36 heavy (non-hydrogen) atoms. The van der Waals surface area contributed by atoms with E-state index in [0.717, 1.165) is 37.9 Å². The standard InChI is InChI=1S/C31H50N4O/c36-31(27-9-3-1-4-10-27)32-28-11-7-15-30(16-8-12-28)34-19-17-26(18-20-34)25-33-21-23-35(24-22-33)29-13-5-2-6-14-29/h2,5-6,13-14,26-28,30H,1,3-4,7-12,15-25H2,(H,32,36). The van der Waals surface area contributed by atoms with Crippen LogP contribution in [0.15, 0.2) is 30.3 Å². The molecule has 0 atom stereocenters. The Morgan fingerprint density at radius 3 is 2.06 bits per heavy atom. The monoisotopic (exact) mass is 494 g/mol. The summed E-state index contributed by atoms with van der Waals surface area (Å²) in [4.78, 5) is 20.8. The maximum atomic E-state index is 12.7. The van der Waals surface area contributed by atoms with E-state index in [1.165, 1.54) is 109 Å². The molecular formula is C31H50N4O. The van der Waals surface area contributed by atoms with Crippen molar-refractivity contribution in [3.05, 3.63) is 30.3 Å². The number of carbonyl (C=O) groups is 1. The molecule has 1 N–H and O–H groups in total. The van der Waals surface area contributed by atoms with E-state index in [1.54, 1.807) is 0 Å². The summed E-state index contributed by atoms with van der Waals surface area (Å²) in [5, 5.41) is 3.45. The first kappa shape index (κ1) is 26.0. The van der Waals surface area contributed by atoms with E-state index in [1.807, 2.05) is 0 Å². The molecule has 5 rings (SSSR count). The predicted octanol–water partition coefficient (Wildman–Crippen LogP) is 5.31. The molecule has 2 saturated carbocycles. The number of carbonyl (C=O) groups excluding carboxylic acids is 1. The Morgan fingerprint density at radius 2 is 1.39 bits per heavy atom. The normalized spacial score (nSPS) is 28.4. The van der Waals surface area contributed by atoms with Crippen molar-refractivity contribution in [1.82, 2.24) is 15.1 Å². The van der Waals surface area contributed by atoms with E-state index in [4.69, 9.17) is 0 Å². The average molecular weight is 495 g/mol. The van der Waals surface area contributed by atoms with Crippen molar-refractivity contribution in [3.63, 3.8) is 0 Å².